The predicted octanol–water partition coefficient (Wildman–Crippen LogP) is 1.06. The first-order valence-corrected chi connectivity index (χ1v) is 9.51. The molecule has 2 heterocycles. The molecule has 0 fully saturated rings. The van der Waals surface area contributed by atoms with Crippen molar-refractivity contribution in [3.8, 4) is 11.5 Å². The lowest BCUT2D eigenvalue weighted by Gasteiger charge is -2.10. The number of carbonyl (C=O) groups excluding carboxylic acids is 5. The average Bonchev–Trinajstić information content (AvgIpc) is 3.22. The van der Waals surface area contributed by atoms with Crippen LogP contribution in [0, 0.1) is 0 Å². The third kappa shape index (κ3) is 4.36. The number of carbonyl (C=O) groups is 5. The predicted molar refractivity (Wildman–Crippen MR) is 105 cm³/mol. The number of esters is 4. The van der Waals surface area contributed by atoms with Crippen LogP contribution in [-0.4, -0.2) is 56.2 Å². The second-order valence-electron chi connectivity index (χ2n) is 6.65. The summed E-state index contributed by atoms with van der Waals surface area (Å²) in [7, 11) is 0. The summed E-state index contributed by atoms with van der Waals surface area (Å²) in [6.45, 7) is 0.646. The van der Waals surface area contributed by atoms with Gasteiger partial charge in [-0.05, 0) is 36.4 Å². The summed E-state index contributed by atoms with van der Waals surface area (Å²) in [6, 6.07) is 8.33. The monoisotopic (exact) mass is 440 g/mol. The maximum absolute atomic E-state index is 11.8. The Bertz CT molecular complexity index is 1050. The number of urea groups is 1. The van der Waals surface area contributed by atoms with Gasteiger partial charge < -0.3 is 29.6 Å². The van der Waals surface area contributed by atoms with Gasteiger partial charge in [-0.15, -0.1) is 0 Å². The Morgan fingerprint density at radius 1 is 0.656 bits per heavy atom. The summed E-state index contributed by atoms with van der Waals surface area (Å²) >= 11 is 0. The molecule has 0 aliphatic carbocycles. The number of fused-ring (bicyclic) bond motifs is 2. The van der Waals surface area contributed by atoms with Crippen LogP contribution in [0.2, 0.25) is 0 Å². The molecular weight excluding hydrogens is 424 g/mol. The van der Waals surface area contributed by atoms with Gasteiger partial charge in [-0.25, -0.2) is 24.0 Å². The van der Waals surface area contributed by atoms with Crippen molar-refractivity contribution in [2.24, 2.45) is 0 Å². The first-order chi connectivity index (χ1) is 15.4. The molecule has 2 amide bonds. The molecule has 0 saturated carbocycles. The largest absolute Gasteiger partial charge is 0.492 e. The molecule has 2 aromatic rings. The van der Waals surface area contributed by atoms with Gasteiger partial charge in [0.05, 0.1) is 35.3 Å². The zero-order valence-electron chi connectivity index (χ0n) is 16.5. The fourth-order valence-electron chi connectivity index (χ4n) is 3.04. The highest BCUT2D eigenvalue weighted by Crippen LogP contribution is 2.25. The fourth-order valence-corrected chi connectivity index (χ4v) is 3.04. The van der Waals surface area contributed by atoms with E-state index in [1.54, 1.807) is 0 Å². The van der Waals surface area contributed by atoms with Crippen molar-refractivity contribution in [1.82, 2.24) is 10.6 Å². The number of hydrogen-bond acceptors (Lipinski definition) is 9. The van der Waals surface area contributed by atoms with Gasteiger partial charge in [-0.2, -0.15) is 0 Å². The molecule has 0 spiro atoms. The molecule has 0 bridgehead atoms. The van der Waals surface area contributed by atoms with E-state index in [9.17, 15) is 24.0 Å². The first-order valence-electron chi connectivity index (χ1n) is 9.51. The molecule has 2 N–H and O–H groups in total. The highest BCUT2D eigenvalue weighted by Gasteiger charge is 2.30. The summed E-state index contributed by atoms with van der Waals surface area (Å²) in [5.74, 6) is -2.08. The van der Waals surface area contributed by atoms with Gasteiger partial charge >= 0.3 is 29.9 Å². The van der Waals surface area contributed by atoms with Crippen LogP contribution in [0.1, 0.15) is 41.4 Å². The van der Waals surface area contributed by atoms with E-state index in [4.69, 9.17) is 9.47 Å². The molecule has 2 aliphatic rings. The Hall–Kier alpha value is -4.41. The minimum absolute atomic E-state index is 0.135. The van der Waals surface area contributed by atoms with Crippen LogP contribution >= 0.6 is 0 Å². The van der Waals surface area contributed by atoms with Crippen molar-refractivity contribution in [1.29, 1.82) is 0 Å². The van der Waals surface area contributed by atoms with Crippen LogP contribution in [0.5, 0.6) is 11.5 Å². The van der Waals surface area contributed by atoms with Crippen LogP contribution in [0.15, 0.2) is 36.4 Å². The Kier molecular flexibility index (Phi) is 5.71. The molecule has 164 valence electrons. The first kappa shape index (κ1) is 20.8. The molecule has 2 aliphatic heterocycles. The van der Waals surface area contributed by atoms with E-state index in [2.05, 4.69) is 20.1 Å². The number of nitrogens with one attached hydrogen (secondary N) is 2. The van der Waals surface area contributed by atoms with E-state index >= 15 is 0 Å². The van der Waals surface area contributed by atoms with E-state index in [0.29, 0.717) is 11.5 Å². The quantitative estimate of drug-likeness (QED) is 0.349. The van der Waals surface area contributed by atoms with E-state index in [1.165, 1.54) is 36.4 Å². The van der Waals surface area contributed by atoms with Gasteiger partial charge in [0, 0.05) is 0 Å². The standard InChI is InChI=1S/C21H16N2O9/c24-17-13-3-1-11(9-15(13)19(26)31-17)29-7-5-22-21(28)23-6-8-30-12-2-4-14-16(10-12)20(27)32-18(14)25/h1-4,9-10H,5-8H2,(H2,22,23,28). The van der Waals surface area contributed by atoms with E-state index < -0.39 is 29.9 Å². The molecule has 32 heavy (non-hydrogen) atoms. The zero-order chi connectivity index (χ0) is 22.7. The minimum atomic E-state index is -0.719. The van der Waals surface area contributed by atoms with Crippen molar-refractivity contribution in [3.63, 3.8) is 0 Å². The lowest BCUT2D eigenvalue weighted by atomic mass is 10.1. The van der Waals surface area contributed by atoms with Crippen molar-refractivity contribution in [2.75, 3.05) is 26.3 Å². The molecule has 0 aromatic heterocycles. The second kappa shape index (κ2) is 8.76. The molecule has 0 radical (unpaired) electrons. The number of amides is 2. The molecule has 2 aromatic carbocycles. The van der Waals surface area contributed by atoms with Gasteiger partial charge in [-0.3, -0.25) is 0 Å². The third-order valence-corrected chi connectivity index (χ3v) is 4.55. The van der Waals surface area contributed by atoms with Gasteiger partial charge in [0.1, 0.15) is 24.7 Å². The molecule has 11 heteroatoms. The van der Waals surface area contributed by atoms with Crippen molar-refractivity contribution >= 4 is 29.9 Å². The maximum Gasteiger partial charge on any atom is 0.347 e. The van der Waals surface area contributed by atoms with E-state index in [-0.39, 0.29) is 48.6 Å². The number of ether oxygens (including phenoxy) is 4. The Morgan fingerprint density at radius 3 is 1.50 bits per heavy atom. The number of benzene rings is 2. The van der Waals surface area contributed by atoms with Crippen LogP contribution in [0.4, 0.5) is 4.79 Å². The summed E-state index contributed by atoms with van der Waals surface area (Å²) < 4.78 is 19.9. The van der Waals surface area contributed by atoms with Gasteiger partial charge in [0.15, 0.2) is 0 Å². The Labute approximate surface area is 180 Å². The van der Waals surface area contributed by atoms with Crippen molar-refractivity contribution in [3.05, 3.63) is 58.7 Å². The van der Waals surface area contributed by atoms with Crippen LogP contribution < -0.4 is 20.1 Å². The molecular formula is C21H16N2O9. The number of cyclic esters (lactones) is 4. The highest BCUT2D eigenvalue weighted by molar-refractivity contribution is 6.15. The Morgan fingerprint density at radius 2 is 1.06 bits per heavy atom. The topological polar surface area (TPSA) is 146 Å². The number of rotatable bonds is 8. The maximum atomic E-state index is 11.8. The molecule has 4 rings (SSSR count). The fraction of sp³-hybridized carbons (Fsp3) is 0.190. The van der Waals surface area contributed by atoms with Gasteiger partial charge in [0.25, 0.3) is 0 Å². The van der Waals surface area contributed by atoms with Gasteiger partial charge in [0.2, 0.25) is 0 Å². The summed E-state index contributed by atoms with van der Waals surface area (Å²) in [5, 5.41) is 5.18. The van der Waals surface area contributed by atoms with E-state index in [0.717, 1.165) is 0 Å². The minimum Gasteiger partial charge on any atom is -0.492 e. The zero-order valence-corrected chi connectivity index (χ0v) is 16.5. The SMILES string of the molecule is O=C(NCCOc1ccc2c(c1)C(=O)OC2=O)NCCOc1ccc2c(c1)C(=O)OC2=O. The van der Waals surface area contributed by atoms with E-state index in [1.807, 2.05) is 0 Å². The van der Waals surface area contributed by atoms with Gasteiger partial charge in [-0.1, -0.05) is 0 Å². The Balaban J connectivity index is 1.13. The highest BCUT2D eigenvalue weighted by atomic mass is 16.6. The van der Waals surface area contributed by atoms with Crippen LogP contribution in [-0.2, 0) is 9.47 Å². The number of hydrogen-bond donors (Lipinski definition) is 2. The molecule has 0 saturated heterocycles. The normalized spacial score (nSPS) is 13.8. The summed E-state index contributed by atoms with van der Waals surface area (Å²) in [5.41, 5.74) is 0.667. The van der Waals surface area contributed by atoms with Crippen molar-refractivity contribution < 1.29 is 42.9 Å². The van der Waals surface area contributed by atoms with Crippen molar-refractivity contribution in [2.45, 2.75) is 0 Å². The van der Waals surface area contributed by atoms with Crippen LogP contribution in [0.25, 0.3) is 0 Å². The summed E-state index contributed by atoms with van der Waals surface area (Å²) in [6.07, 6.45) is 0. The van der Waals surface area contributed by atoms with Crippen LogP contribution in [0.3, 0.4) is 0 Å². The molecule has 0 atom stereocenters. The molecule has 0 unspecified atom stereocenters. The third-order valence-electron chi connectivity index (χ3n) is 4.55. The second-order valence-corrected chi connectivity index (χ2v) is 6.65. The lowest BCUT2D eigenvalue weighted by Crippen LogP contribution is -2.39. The molecule has 11 nitrogen and oxygen atoms in total. The average molecular weight is 440 g/mol. The smallest absolute Gasteiger partial charge is 0.347 e. The lowest BCUT2D eigenvalue weighted by molar-refractivity contribution is 0.0425. The summed E-state index contributed by atoms with van der Waals surface area (Å²) in [4.78, 5) is 57.7.